The summed E-state index contributed by atoms with van der Waals surface area (Å²) in [6.07, 6.45) is 0. The number of aromatic nitrogens is 2. The number of benzene rings is 2. The Balaban J connectivity index is 2.17. The summed E-state index contributed by atoms with van der Waals surface area (Å²) in [5.41, 5.74) is 2.35. The molecule has 108 valence electrons. The number of hydrogen-bond donors (Lipinski definition) is 0. The van der Waals surface area contributed by atoms with E-state index in [-0.39, 0.29) is 5.63 Å². The van der Waals surface area contributed by atoms with Crippen LogP contribution in [0.2, 0.25) is 5.02 Å². The summed E-state index contributed by atoms with van der Waals surface area (Å²) in [6.45, 7) is 1.86. The Morgan fingerprint density at radius 2 is 1.91 bits per heavy atom. The zero-order valence-electron chi connectivity index (χ0n) is 11.7. The van der Waals surface area contributed by atoms with E-state index in [2.05, 4.69) is 5.10 Å². The van der Waals surface area contributed by atoms with Gasteiger partial charge in [-0.05, 0) is 37.3 Å². The Kier molecular flexibility index (Phi) is 2.81. The molecule has 4 aromatic rings. The predicted octanol–water partition coefficient (Wildman–Crippen LogP) is 4.09. The van der Waals surface area contributed by atoms with Crippen LogP contribution in [0.4, 0.5) is 0 Å². The molecule has 0 aliphatic heterocycles. The molecule has 0 bridgehead atoms. The van der Waals surface area contributed by atoms with Gasteiger partial charge in [-0.2, -0.15) is 5.10 Å². The van der Waals surface area contributed by atoms with Gasteiger partial charge < -0.3 is 4.42 Å². The second kappa shape index (κ2) is 4.71. The van der Waals surface area contributed by atoms with Crippen molar-refractivity contribution in [1.82, 2.24) is 9.78 Å². The summed E-state index contributed by atoms with van der Waals surface area (Å²) < 4.78 is 7.14. The molecular formula is C17H11ClN2O2. The second-order valence-electron chi connectivity index (χ2n) is 5.09. The number of halogens is 1. The maximum Gasteiger partial charge on any atom is 0.347 e. The van der Waals surface area contributed by atoms with Gasteiger partial charge in [-0.25, -0.2) is 9.48 Å². The summed E-state index contributed by atoms with van der Waals surface area (Å²) in [4.78, 5) is 12.3. The number of aryl methyl sites for hydroxylation is 1. The molecule has 4 nitrogen and oxygen atoms in total. The summed E-state index contributed by atoms with van der Waals surface area (Å²) in [5.74, 6) is 0. The molecule has 0 fully saturated rings. The molecule has 2 aromatic carbocycles. The van der Waals surface area contributed by atoms with Gasteiger partial charge in [-0.1, -0.05) is 29.8 Å². The van der Waals surface area contributed by atoms with Crippen molar-refractivity contribution in [2.24, 2.45) is 0 Å². The first-order chi connectivity index (χ1) is 10.6. The average molecular weight is 311 g/mol. The first-order valence-corrected chi connectivity index (χ1v) is 7.20. The van der Waals surface area contributed by atoms with Crippen LogP contribution >= 0.6 is 11.6 Å². The number of para-hydroxylation sites is 1. The molecule has 0 amide bonds. The van der Waals surface area contributed by atoms with Gasteiger partial charge in [0.1, 0.15) is 16.5 Å². The van der Waals surface area contributed by atoms with E-state index < -0.39 is 0 Å². The van der Waals surface area contributed by atoms with Gasteiger partial charge in [-0.3, -0.25) is 0 Å². The van der Waals surface area contributed by atoms with Crippen molar-refractivity contribution in [3.05, 3.63) is 69.7 Å². The van der Waals surface area contributed by atoms with Crippen LogP contribution in [0.15, 0.2) is 57.7 Å². The summed E-state index contributed by atoms with van der Waals surface area (Å²) >= 11 is 6.07. The third kappa shape index (κ3) is 1.84. The fourth-order valence-corrected chi connectivity index (χ4v) is 2.86. The molecular weight excluding hydrogens is 300 g/mol. The lowest BCUT2D eigenvalue weighted by atomic mass is 10.1. The number of hydrogen-bond acceptors (Lipinski definition) is 3. The SMILES string of the molecule is Cc1c2c(=O)oc3ccc(Cl)cc3c2nn1-c1ccccc1. The first-order valence-electron chi connectivity index (χ1n) is 6.82. The highest BCUT2D eigenvalue weighted by molar-refractivity contribution is 6.31. The minimum Gasteiger partial charge on any atom is -0.422 e. The summed E-state index contributed by atoms with van der Waals surface area (Å²) in [7, 11) is 0. The number of nitrogens with zero attached hydrogens (tertiary/aromatic N) is 2. The van der Waals surface area contributed by atoms with Crippen molar-refractivity contribution < 1.29 is 4.42 Å². The highest BCUT2D eigenvalue weighted by Crippen LogP contribution is 2.27. The van der Waals surface area contributed by atoms with Gasteiger partial charge in [0.15, 0.2) is 0 Å². The van der Waals surface area contributed by atoms with Crippen molar-refractivity contribution in [2.45, 2.75) is 6.92 Å². The Labute approximate surface area is 130 Å². The van der Waals surface area contributed by atoms with Gasteiger partial charge in [0.05, 0.1) is 11.4 Å². The molecule has 2 aromatic heterocycles. The maximum atomic E-state index is 12.3. The molecule has 22 heavy (non-hydrogen) atoms. The molecule has 5 heteroatoms. The molecule has 2 heterocycles. The van der Waals surface area contributed by atoms with E-state index in [0.717, 1.165) is 16.8 Å². The van der Waals surface area contributed by atoms with Crippen LogP contribution < -0.4 is 5.63 Å². The van der Waals surface area contributed by atoms with Gasteiger partial charge >= 0.3 is 5.63 Å². The van der Waals surface area contributed by atoms with Gasteiger partial charge in [-0.15, -0.1) is 0 Å². The predicted molar refractivity (Wildman–Crippen MR) is 86.9 cm³/mol. The Morgan fingerprint density at radius 1 is 1.14 bits per heavy atom. The van der Waals surface area contributed by atoms with Crippen molar-refractivity contribution in [3.63, 3.8) is 0 Å². The molecule has 0 unspecified atom stereocenters. The van der Waals surface area contributed by atoms with Gasteiger partial charge in [0.2, 0.25) is 0 Å². The Morgan fingerprint density at radius 3 is 2.68 bits per heavy atom. The standard InChI is InChI=1S/C17H11ClN2O2/c1-10-15-16(19-20(10)12-5-3-2-4-6-12)13-9-11(18)7-8-14(13)22-17(15)21/h2-9H,1H3. The maximum absolute atomic E-state index is 12.3. The molecule has 0 spiro atoms. The normalized spacial score (nSPS) is 11.4. The molecule has 4 rings (SSSR count). The van der Waals surface area contributed by atoms with Crippen LogP contribution in [0.1, 0.15) is 5.69 Å². The second-order valence-corrected chi connectivity index (χ2v) is 5.52. The van der Waals surface area contributed by atoms with E-state index in [1.54, 1.807) is 22.9 Å². The minimum absolute atomic E-state index is 0.385. The first kappa shape index (κ1) is 13.1. The van der Waals surface area contributed by atoms with Crippen LogP contribution in [-0.4, -0.2) is 9.78 Å². The molecule has 0 saturated heterocycles. The molecule has 0 N–H and O–H groups in total. The lowest BCUT2D eigenvalue weighted by molar-refractivity contribution is 0.569. The molecule has 0 aliphatic rings. The Hall–Kier alpha value is -2.59. The van der Waals surface area contributed by atoms with Crippen molar-refractivity contribution >= 4 is 33.5 Å². The summed E-state index contributed by atoms with van der Waals surface area (Å²) in [6, 6.07) is 14.8. The van der Waals surface area contributed by atoms with Crippen molar-refractivity contribution in [3.8, 4) is 5.69 Å². The minimum atomic E-state index is -0.385. The van der Waals surface area contributed by atoms with E-state index in [4.69, 9.17) is 16.0 Å². The fraction of sp³-hybridized carbons (Fsp3) is 0.0588. The monoisotopic (exact) mass is 310 g/mol. The van der Waals surface area contributed by atoms with E-state index >= 15 is 0 Å². The third-order valence-electron chi connectivity index (χ3n) is 3.72. The van der Waals surface area contributed by atoms with Crippen molar-refractivity contribution in [2.75, 3.05) is 0 Å². The van der Waals surface area contributed by atoms with Gasteiger partial charge in [0.25, 0.3) is 0 Å². The van der Waals surface area contributed by atoms with E-state index in [1.165, 1.54) is 0 Å². The van der Waals surface area contributed by atoms with Crippen LogP contribution in [0, 0.1) is 6.92 Å². The summed E-state index contributed by atoms with van der Waals surface area (Å²) in [5, 5.41) is 6.41. The largest absolute Gasteiger partial charge is 0.422 e. The van der Waals surface area contributed by atoms with E-state index in [0.29, 0.717) is 21.5 Å². The molecule has 0 aliphatic carbocycles. The lowest BCUT2D eigenvalue weighted by Gasteiger charge is -2.02. The number of rotatable bonds is 1. The van der Waals surface area contributed by atoms with Crippen molar-refractivity contribution in [1.29, 1.82) is 0 Å². The zero-order valence-corrected chi connectivity index (χ0v) is 12.5. The lowest BCUT2D eigenvalue weighted by Crippen LogP contribution is -2.01. The van der Waals surface area contributed by atoms with Crippen LogP contribution in [-0.2, 0) is 0 Å². The Bertz CT molecular complexity index is 1060. The average Bonchev–Trinajstić information content (AvgIpc) is 2.88. The molecule has 0 radical (unpaired) electrons. The van der Waals surface area contributed by atoms with E-state index in [1.807, 2.05) is 37.3 Å². The topological polar surface area (TPSA) is 48.0 Å². The smallest absolute Gasteiger partial charge is 0.347 e. The van der Waals surface area contributed by atoms with E-state index in [9.17, 15) is 4.79 Å². The quantitative estimate of drug-likeness (QED) is 0.497. The molecule has 0 atom stereocenters. The van der Waals surface area contributed by atoms with Gasteiger partial charge in [0, 0.05) is 10.4 Å². The van der Waals surface area contributed by atoms with Crippen LogP contribution in [0.5, 0.6) is 0 Å². The van der Waals surface area contributed by atoms with Crippen LogP contribution in [0.25, 0.3) is 27.6 Å². The highest BCUT2D eigenvalue weighted by atomic mass is 35.5. The highest BCUT2D eigenvalue weighted by Gasteiger charge is 2.17. The van der Waals surface area contributed by atoms with Crippen LogP contribution in [0.3, 0.4) is 0 Å². The molecule has 0 saturated carbocycles. The number of fused-ring (bicyclic) bond motifs is 3. The zero-order chi connectivity index (χ0) is 15.3. The fourth-order valence-electron chi connectivity index (χ4n) is 2.68. The third-order valence-corrected chi connectivity index (χ3v) is 3.96.